The molecule has 2 rings (SSSR count). The Hall–Kier alpha value is -1.81. The molecule has 0 aliphatic heterocycles. The molecule has 19 heavy (non-hydrogen) atoms. The Balaban J connectivity index is 2.19. The molecule has 3 nitrogen and oxygen atoms in total. The van der Waals surface area contributed by atoms with Gasteiger partial charge in [0.1, 0.15) is 5.82 Å². The summed E-state index contributed by atoms with van der Waals surface area (Å²) in [6, 6.07) is 13.1. The van der Waals surface area contributed by atoms with Gasteiger partial charge in [-0.25, -0.2) is 4.98 Å². The van der Waals surface area contributed by atoms with Crippen LogP contribution < -0.4 is 5.32 Å². The molecule has 4 heteroatoms. The lowest BCUT2D eigenvalue weighted by Gasteiger charge is -2.11. The Bertz CT molecular complexity index is 555. The molecule has 0 fully saturated rings. The SMILES string of the molecule is CC(C)Sc1ccccc1C(=O)Nc1ccccn1. The van der Waals surface area contributed by atoms with Crippen molar-refractivity contribution >= 4 is 23.5 Å². The first-order chi connectivity index (χ1) is 9.16. The first-order valence-electron chi connectivity index (χ1n) is 6.15. The number of hydrogen-bond donors (Lipinski definition) is 1. The second-order valence-electron chi connectivity index (χ2n) is 4.33. The molecule has 0 bridgehead atoms. The summed E-state index contributed by atoms with van der Waals surface area (Å²) in [4.78, 5) is 17.3. The smallest absolute Gasteiger partial charge is 0.257 e. The quantitative estimate of drug-likeness (QED) is 0.860. The maximum atomic E-state index is 12.3. The molecule has 0 saturated carbocycles. The molecule has 1 amide bonds. The van der Waals surface area contributed by atoms with Crippen molar-refractivity contribution < 1.29 is 4.79 Å². The summed E-state index contributed by atoms with van der Waals surface area (Å²) in [7, 11) is 0. The summed E-state index contributed by atoms with van der Waals surface area (Å²) in [5.74, 6) is 0.444. The van der Waals surface area contributed by atoms with E-state index >= 15 is 0 Å². The van der Waals surface area contributed by atoms with Gasteiger partial charge in [-0.15, -0.1) is 11.8 Å². The van der Waals surface area contributed by atoms with Crippen molar-refractivity contribution in [3.63, 3.8) is 0 Å². The predicted molar refractivity (Wildman–Crippen MR) is 79.6 cm³/mol. The maximum absolute atomic E-state index is 12.3. The minimum absolute atomic E-state index is 0.123. The maximum Gasteiger partial charge on any atom is 0.257 e. The van der Waals surface area contributed by atoms with Crippen LogP contribution in [-0.2, 0) is 0 Å². The number of anilines is 1. The first kappa shape index (κ1) is 13.6. The van der Waals surface area contributed by atoms with E-state index < -0.39 is 0 Å². The van der Waals surface area contributed by atoms with Crippen LogP contribution in [0, 0.1) is 0 Å². The van der Waals surface area contributed by atoms with Crippen molar-refractivity contribution in [1.29, 1.82) is 0 Å². The van der Waals surface area contributed by atoms with E-state index in [0.29, 0.717) is 16.6 Å². The van der Waals surface area contributed by atoms with Crippen molar-refractivity contribution in [2.24, 2.45) is 0 Å². The number of nitrogens with zero attached hydrogens (tertiary/aromatic N) is 1. The third-order valence-corrected chi connectivity index (χ3v) is 3.48. The second-order valence-corrected chi connectivity index (χ2v) is 5.95. The Morgan fingerprint density at radius 1 is 1.16 bits per heavy atom. The number of rotatable bonds is 4. The number of hydrogen-bond acceptors (Lipinski definition) is 3. The van der Waals surface area contributed by atoms with Crippen LogP contribution in [0.4, 0.5) is 5.82 Å². The predicted octanol–water partition coefficient (Wildman–Crippen LogP) is 3.83. The molecule has 0 unspecified atom stereocenters. The number of benzene rings is 1. The summed E-state index contributed by atoms with van der Waals surface area (Å²) in [6.45, 7) is 4.22. The normalized spacial score (nSPS) is 10.5. The molecular weight excluding hydrogens is 256 g/mol. The van der Waals surface area contributed by atoms with Gasteiger partial charge in [0.2, 0.25) is 0 Å². The number of nitrogens with one attached hydrogen (secondary N) is 1. The van der Waals surface area contributed by atoms with Crippen LogP contribution in [0.25, 0.3) is 0 Å². The van der Waals surface area contributed by atoms with Crippen LogP contribution in [-0.4, -0.2) is 16.1 Å². The van der Waals surface area contributed by atoms with Crippen molar-refractivity contribution in [3.05, 3.63) is 54.2 Å². The van der Waals surface area contributed by atoms with E-state index in [-0.39, 0.29) is 5.91 Å². The van der Waals surface area contributed by atoms with E-state index in [0.717, 1.165) is 4.90 Å². The summed E-state index contributed by atoms with van der Waals surface area (Å²) < 4.78 is 0. The molecule has 0 atom stereocenters. The van der Waals surface area contributed by atoms with Crippen molar-refractivity contribution in [2.45, 2.75) is 24.0 Å². The van der Waals surface area contributed by atoms with Gasteiger partial charge >= 0.3 is 0 Å². The zero-order valence-corrected chi connectivity index (χ0v) is 11.8. The van der Waals surface area contributed by atoms with Crippen molar-refractivity contribution in [3.8, 4) is 0 Å². The van der Waals surface area contributed by atoms with E-state index in [1.165, 1.54) is 0 Å². The molecule has 0 aliphatic carbocycles. The van der Waals surface area contributed by atoms with Gasteiger partial charge in [-0.05, 0) is 24.3 Å². The van der Waals surface area contributed by atoms with Crippen LogP contribution in [0.2, 0.25) is 0 Å². The summed E-state index contributed by atoms with van der Waals surface area (Å²) >= 11 is 1.68. The molecule has 0 radical (unpaired) electrons. The molecule has 1 heterocycles. The lowest BCUT2D eigenvalue weighted by molar-refractivity contribution is 0.102. The lowest BCUT2D eigenvalue weighted by Crippen LogP contribution is -2.14. The lowest BCUT2D eigenvalue weighted by atomic mass is 10.2. The molecule has 98 valence electrons. The zero-order valence-electron chi connectivity index (χ0n) is 11.0. The molecule has 2 aromatic rings. The number of carbonyl (C=O) groups is 1. The highest BCUT2D eigenvalue weighted by atomic mass is 32.2. The molecular formula is C15H16N2OS. The van der Waals surface area contributed by atoms with Crippen molar-refractivity contribution in [2.75, 3.05) is 5.32 Å². The Labute approximate surface area is 117 Å². The number of amides is 1. The Kier molecular flexibility index (Phi) is 4.58. The van der Waals surface area contributed by atoms with Gasteiger partial charge in [0.15, 0.2) is 0 Å². The number of aromatic nitrogens is 1. The van der Waals surface area contributed by atoms with Gasteiger partial charge in [0, 0.05) is 16.3 Å². The van der Waals surface area contributed by atoms with Gasteiger partial charge < -0.3 is 5.32 Å². The standard InChI is InChI=1S/C15H16N2OS/c1-11(2)19-13-8-4-3-7-12(13)15(18)17-14-9-5-6-10-16-14/h3-11H,1-2H3,(H,16,17,18). The third-order valence-electron chi connectivity index (χ3n) is 2.40. The Morgan fingerprint density at radius 2 is 1.89 bits per heavy atom. The van der Waals surface area contributed by atoms with Crippen LogP contribution >= 0.6 is 11.8 Å². The van der Waals surface area contributed by atoms with Crippen LogP contribution in [0.5, 0.6) is 0 Å². The number of carbonyl (C=O) groups excluding carboxylic acids is 1. The van der Waals surface area contributed by atoms with E-state index in [1.807, 2.05) is 36.4 Å². The van der Waals surface area contributed by atoms with E-state index in [1.54, 1.807) is 24.0 Å². The zero-order chi connectivity index (χ0) is 13.7. The molecule has 1 N–H and O–H groups in total. The van der Waals surface area contributed by atoms with E-state index in [9.17, 15) is 4.79 Å². The van der Waals surface area contributed by atoms with Gasteiger partial charge in [-0.3, -0.25) is 4.79 Å². The highest BCUT2D eigenvalue weighted by Gasteiger charge is 2.12. The molecule has 1 aromatic carbocycles. The number of pyridine rings is 1. The fourth-order valence-electron chi connectivity index (χ4n) is 1.63. The van der Waals surface area contributed by atoms with Gasteiger partial charge in [0.25, 0.3) is 5.91 Å². The van der Waals surface area contributed by atoms with Gasteiger partial charge in [-0.2, -0.15) is 0 Å². The summed E-state index contributed by atoms with van der Waals surface area (Å²) in [5, 5.41) is 3.24. The average molecular weight is 272 g/mol. The fourth-order valence-corrected chi connectivity index (χ4v) is 2.58. The topological polar surface area (TPSA) is 42.0 Å². The van der Waals surface area contributed by atoms with Crippen molar-refractivity contribution in [1.82, 2.24) is 4.98 Å². The molecule has 0 saturated heterocycles. The second kappa shape index (κ2) is 6.38. The van der Waals surface area contributed by atoms with E-state index in [2.05, 4.69) is 24.1 Å². The van der Waals surface area contributed by atoms with Crippen LogP contribution in [0.3, 0.4) is 0 Å². The van der Waals surface area contributed by atoms with Gasteiger partial charge in [0.05, 0.1) is 5.56 Å². The van der Waals surface area contributed by atoms with Gasteiger partial charge in [-0.1, -0.05) is 32.0 Å². The minimum atomic E-state index is -0.123. The molecule has 0 aliphatic rings. The van der Waals surface area contributed by atoms with E-state index in [4.69, 9.17) is 0 Å². The molecule has 0 spiro atoms. The minimum Gasteiger partial charge on any atom is -0.307 e. The Morgan fingerprint density at radius 3 is 2.58 bits per heavy atom. The highest BCUT2D eigenvalue weighted by molar-refractivity contribution is 8.00. The monoisotopic (exact) mass is 272 g/mol. The molecule has 1 aromatic heterocycles. The first-order valence-corrected chi connectivity index (χ1v) is 7.03. The summed E-state index contributed by atoms with van der Waals surface area (Å²) in [5.41, 5.74) is 0.687. The summed E-state index contributed by atoms with van der Waals surface area (Å²) in [6.07, 6.45) is 1.66. The number of thioether (sulfide) groups is 1. The largest absolute Gasteiger partial charge is 0.307 e. The fraction of sp³-hybridized carbons (Fsp3) is 0.200. The van der Waals surface area contributed by atoms with Crippen LogP contribution in [0.1, 0.15) is 24.2 Å². The van der Waals surface area contributed by atoms with Crippen LogP contribution in [0.15, 0.2) is 53.6 Å². The average Bonchev–Trinajstić information content (AvgIpc) is 2.39. The highest BCUT2D eigenvalue weighted by Crippen LogP contribution is 2.26. The third kappa shape index (κ3) is 3.83.